The standard InChI is InChI=1S/C20H27F5N2O5S/c1-6-20(11-26(12-20)18(30)32-19(2,3)4)16(17(29)31-5)27(13-28)14-7-9-15(10-8-14)33(21,22,23,24)25/h7-10,13,16H,6,11-12H2,1-5H3/t16-/m1/s1. The first-order valence-electron chi connectivity index (χ1n) is 9.90. The normalized spacial score (nSPS) is 18.8. The van der Waals surface area contributed by atoms with Crippen molar-refractivity contribution in [2.75, 3.05) is 25.1 Å². The summed E-state index contributed by atoms with van der Waals surface area (Å²) in [6.45, 7) is 6.76. The minimum atomic E-state index is -9.91. The van der Waals surface area contributed by atoms with Crippen LogP contribution >= 0.6 is 10.2 Å². The van der Waals surface area contributed by atoms with E-state index in [1.54, 1.807) is 27.7 Å². The molecule has 1 aromatic carbocycles. The van der Waals surface area contributed by atoms with Crippen LogP contribution < -0.4 is 4.90 Å². The third-order valence-electron chi connectivity index (χ3n) is 5.34. The van der Waals surface area contributed by atoms with Gasteiger partial charge < -0.3 is 14.4 Å². The number of hydrogen-bond acceptors (Lipinski definition) is 5. The number of nitrogens with zero attached hydrogens (tertiary/aromatic N) is 2. The fourth-order valence-electron chi connectivity index (χ4n) is 3.68. The molecule has 0 saturated carbocycles. The maximum atomic E-state index is 13.0. The Morgan fingerprint density at radius 3 is 2.03 bits per heavy atom. The van der Waals surface area contributed by atoms with Gasteiger partial charge in [-0.3, -0.25) is 9.69 Å². The topological polar surface area (TPSA) is 76.2 Å². The van der Waals surface area contributed by atoms with Gasteiger partial charge in [0.25, 0.3) is 0 Å². The largest absolute Gasteiger partial charge is 0.467 e. The quantitative estimate of drug-likeness (QED) is 0.280. The van der Waals surface area contributed by atoms with Crippen LogP contribution in [0.25, 0.3) is 0 Å². The van der Waals surface area contributed by atoms with Crippen molar-refractivity contribution in [3.8, 4) is 0 Å². The van der Waals surface area contributed by atoms with Crippen molar-refractivity contribution in [2.45, 2.75) is 50.7 Å². The van der Waals surface area contributed by atoms with Crippen molar-refractivity contribution < 1.29 is 43.3 Å². The lowest BCUT2D eigenvalue weighted by molar-refractivity contribution is -0.151. The Balaban J connectivity index is 2.40. The number of likely N-dealkylation sites (tertiary alicyclic amines) is 1. The van der Waals surface area contributed by atoms with Gasteiger partial charge >= 0.3 is 22.3 Å². The fraction of sp³-hybridized carbons (Fsp3) is 0.550. The monoisotopic (exact) mass is 502 g/mol. The van der Waals surface area contributed by atoms with E-state index in [2.05, 4.69) is 0 Å². The van der Waals surface area contributed by atoms with Gasteiger partial charge in [0.2, 0.25) is 6.41 Å². The Kier molecular flexibility index (Phi) is 6.26. The molecule has 1 aromatic rings. The van der Waals surface area contributed by atoms with Crippen LogP contribution in [0.1, 0.15) is 34.1 Å². The minimum absolute atomic E-state index is 0.00602. The average Bonchev–Trinajstić information content (AvgIpc) is 2.63. The molecule has 1 aliphatic heterocycles. The number of amides is 2. The second kappa shape index (κ2) is 7.74. The molecule has 0 aromatic heterocycles. The van der Waals surface area contributed by atoms with E-state index in [1.165, 1.54) is 4.90 Å². The molecule has 0 N–H and O–H groups in total. The highest BCUT2D eigenvalue weighted by atomic mass is 32.5. The third-order valence-corrected chi connectivity index (χ3v) is 6.51. The summed E-state index contributed by atoms with van der Waals surface area (Å²) in [7, 11) is -8.84. The molecule has 0 bridgehead atoms. The van der Waals surface area contributed by atoms with Gasteiger partial charge in [0.05, 0.1) is 7.11 Å². The molecule has 33 heavy (non-hydrogen) atoms. The lowest BCUT2D eigenvalue weighted by Gasteiger charge is -2.54. The predicted octanol–water partition coefficient (Wildman–Crippen LogP) is 5.50. The second-order valence-corrected chi connectivity index (χ2v) is 11.4. The molecule has 1 heterocycles. The zero-order valence-electron chi connectivity index (χ0n) is 18.8. The van der Waals surface area contributed by atoms with Gasteiger partial charge in [-0.05, 0) is 51.5 Å². The number of carbonyl (C=O) groups excluding carboxylic acids is 3. The number of benzene rings is 1. The molecule has 0 unspecified atom stereocenters. The first-order valence-corrected chi connectivity index (χ1v) is 11.9. The van der Waals surface area contributed by atoms with E-state index in [0.29, 0.717) is 18.6 Å². The van der Waals surface area contributed by atoms with Gasteiger partial charge in [-0.1, -0.05) is 26.4 Å². The molecule has 2 rings (SSSR count). The summed E-state index contributed by atoms with van der Waals surface area (Å²) in [5, 5.41) is 0. The van der Waals surface area contributed by atoms with Crippen LogP contribution in [0.2, 0.25) is 0 Å². The van der Waals surface area contributed by atoms with Crippen molar-refractivity contribution in [3.63, 3.8) is 0 Å². The number of hydrogen-bond donors (Lipinski definition) is 0. The van der Waals surface area contributed by atoms with Gasteiger partial charge in [-0.25, -0.2) is 9.59 Å². The molecule has 0 aliphatic carbocycles. The summed E-state index contributed by atoms with van der Waals surface area (Å²) in [4.78, 5) is 37.0. The number of halogens is 5. The molecular formula is C20H27F5N2O5S. The van der Waals surface area contributed by atoms with E-state index >= 15 is 0 Å². The van der Waals surface area contributed by atoms with E-state index in [-0.39, 0.29) is 37.3 Å². The van der Waals surface area contributed by atoms with Crippen LogP contribution in [-0.4, -0.2) is 55.2 Å². The van der Waals surface area contributed by atoms with Gasteiger partial charge in [0, 0.05) is 24.2 Å². The third kappa shape index (κ3) is 5.87. The highest BCUT2D eigenvalue weighted by Crippen LogP contribution is 3.02. The highest BCUT2D eigenvalue weighted by molar-refractivity contribution is 8.45. The molecule has 1 saturated heterocycles. The zero-order valence-corrected chi connectivity index (χ0v) is 19.6. The molecule has 1 atom stereocenters. The molecular weight excluding hydrogens is 475 g/mol. The average molecular weight is 503 g/mol. The molecule has 0 spiro atoms. The maximum absolute atomic E-state index is 13.0. The van der Waals surface area contributed by atoms with Crippen LogP contribution in [0.15, 0.2) is 29.2 Å². The first kappa shape index (κ1) is 26.7. The second-order valence-electron chi connectivity index (χ2n) is 8.95. The number of ether oxygens (including phenoxy) is 2. The van der Waals surface area contributed by atoms with Crippen molar-refractivity contribution in [1.82, 2.24) is 4.90 Å². The molecule has 2 amide bonds. The van der Waals surface area contributed by atoms with E-state index in [1.807, 2.05) is 0 Å². The Bertz CT molecular complexity index is 926. The highest BCUT2D eigenvalue weighted by Gasteiger charge is 2.65. The number of anilines is 1. The summed E-state index contributed by atoms with van der Waals surface area (Å²) in [5.74, 6) is -0.871. The summed E-state index contributed by atoms with van der Waals surface area (Å²) in [5.41, 5.74) is -1.97. The SMILES string of the molecule is CCC1([C@@H](C(=O)OC)N(C=O)c2ccc(S(F)(F)(F)(F)F)cc2)CN(C(=O)OC(C)(C)C)C1. The smallest absolute Gasteiger partial charge is 0.410 e. The number of methoxy groups -OCH3 is 1. The summed E-state index contributed by atoms with van der Waals surface area (Å²) < 4.78 is 75.3. The Morgan fingerprint density at radius 1 is 1.15 bits per heavy atom. The van der Waals surface area contributed by atoms with Gasteiger partial charge in [0.1, 0.15) is 16.5 Å². The van der Waals surface area contributed by atoms with Crippen LogP contribution in [0.5, 0.6) is 0 Å². The molecule has 13 heteroatoms. The van der Waals surface area contributed by atoms with Gasteiger partial charge in [0.15, 0.2) is 0 Å². The van der Waals surface area contributed by atoms with Gasteiger partial charge in [-0.2, -0.15) is 0 Å². The molecule has 0 radical (unpaired) electrons. The number of rotatable bonds is 7. The van der Waals surface area contributed by atoms with Gasteiger partial charge in [-0.15, -0.1) is 0 Å². The molecule has 1 aliphatic rings. The van der Waals surface area contributed by atoms with Crippen molar-refractivity contribution in [2.24, 2.45) is 5.41 Å². The molecule has 188 valence electrons. The predicted molar refractivity (Wildman–Crippen MR) is 113 cm³/mol. The Hall–Kier alpha value is -2.57. The maximum Gasteiger partial charge on any atom is 0.410 e. The zero-order chi connectivity index (χ0) is 25.5. The minimum Gasteiger partial charge on any atom is -0.467 e. The van der Waals surface area contributed by atoms with Crippen molar-refractivity contribution in [3.05, 3.63) is 24.3 Å². The van der Waals surface area contributed by atoms with Crippen LogP contribution in [0, 0.1) is 5.41 Å². The van der Waals surface area contributed by atoms with E-state index in [0.717, 1.165) is 12.0 Å². The summed E-state index contributed by atoms with van der Waals surface area (Å²) in [6, 6.07) is 0.369. The van der Waals surface area contributed by atoms with Crippen LogP contribution in [-0.2, 0) is 19.1 Å². The Labute approximate surface area is 188 Å². The summed E-state index contributed by atoms with van der Waals surface area (Å²) in [6.07, 6.45) is -0.128. The van der Waals surface area contributed by atoms with Crippen molar-refractivity contribution in [1.29, 1.82) is 0 Å². The molecule has 7 nitrogen and oxygen atoms in total. The van der Waals surface area contributed by atoms with E-state index in [9.17, 15) is 33.8 Å². The molecule has 1 fully saturated rings. The van der Waals surface area contributed by atoms with E-state index < -0.39 is 44.2 Å². The number of esters is 1. The van der Waals surface area contributed by atoms with Crippen LogP contribution in [0.4, 0.5) is 29.9 Å². The first-order chi connectivity index (χ1) is 14.8. The number of carbonyl (C=O) groups is 3. The van der Waals surface area contributed by atoms with Crippen molar-refractivity contribution >= 4 is 34.4 Å². The lowest BCUT2D eigenvalue weighted by atomic mass is 9.70. The van der Waals surface area contributed by atoms with Crippen LogP contribution in [0.3, 0.4) is 0 Å². The van der Waals surface area contributed by atoms with E-state index in [4.69, 9.17) is 9.47 Å². The summed E-state index contributed by atoms with van der Waals surface area (Å²) >= 11 is 0. The Morgan fingerprint density at radius 2 is 1.67 bits per heavy atom. The fourth-order valence-corrected chi connectivity index (χ4v) is 4.33. The lowest BCUT2D eigenvalue weighted by Crippen LogP contribution is -2.69.